The molecule has 21 heavy (non-hydrogen) atoms. The molecule has 0 aromatic rings. The van der Waals surface area contributed by atoms with Crippen LogP contribution in [0.4, 0.5) is 26.3 Å². The molecule has 0 aliphatic heterocycles. The summed E-state index contributed by atoms with van der Waals surface area (Å²) in [4.78, 5) is 0. The molecule has 0 heterocycles. The lowest BCUT2D eigenvalue weighted by Gasteiger charge is -2.31. The number of halogens is 6. The number of nitriles is 1. The van der Waals surface area contributed by atoms with E-state index in [1.54, 1.807) is 13.0 Å². The fraction of sp³-hybridized carbons (Fsp3) is 0.917. The Hall–Kier alpha value is -1.01. The van der Waals surface area contributed by atoms with E-state index in [-0.39, 0.29) is 5.92 Å². The average molecular weight is 318 g/mol. The molecule has 0 radical (unpaired) electrons. The van der Waals surface area contributed by atoms with Crippen LogP contribution in [0.3, 0.4) is 0 Å². The third-order valence-corrected chi connectivity index (χ3v) is 3.24. The maximum absolute atomic E-state index is 12.4. The summed E-state index contributed by atoms with van der Waals surface area (Å²) in [6.07, 6.45) is -13.2. The van der Waals surface area contributed by atoms with Crippen LogP contribution in [0.5, 0.6) is 0 Å². The highest BCUT2D eigenvalue weighted by molar-refractivity contribution is 5.15. The highest BCUT2D eigenvalue weighted by Gasteiger charge is 2.59. The van der Waals surface area contributed by atoms with Crippen LogP contribution < -0.4 is 5.32 Å². The quantitative estimate of drug-likeness (QED) is 0.733. The fourth-order valence-electron chi connectivity index (χ4n) is 1.99. The summed E-state index contributed by atoms with van der Waals surface area (Å²) in [6, 6.07) is 1.80. The minimum absolute atomic E-state index is 0.281. The summed E-state index contributed by atoms with van der Waals surface area (Å²) < 4.78 is 78.6. The van der Waals surface area contributed by atoms with Gasteiger partial charge in [-0.25, -0.2) is 0 Å². The van der Waals surface area contributed by atoms with Crippen molar-refractivity contribution in [2.75, 3.05) is 13.2 Å². The summed E-state index contributed by atoms with van der Waals surface area (Å²) >= 11 is 0. The Kier molecular flexibility index (Phi) is 5.50. The SMILES string of the molecule is CCCNC(C#N)(COC(C(F)(F)F)C(F)(F)F)C1CC1. The molecule has 1 atom stereocenters. The van der Waals surface area contributed by atoms with Crippen LogP contribution in [0.25, 0.3) is 0 Å². The van der Waals surface area contributed by atoms with Gasteiger partial charge in [-0.3, -0.25) is 5.32 Å². The Bertz CT molecular complexity index is 371. The van der Waals surface area contributed by atoms with Crippen LogP contribution in [-0.2, 0) is 4.74 Å². The normalized spacial score (nSPS) is 19.4. The zero-order chi connectivity index (χ0) is 16.3. The predicted molar refractivity (Wildman–Crippen MR) is 61.2 cm³/mol. The second kappa shape index (κ2) is 6.40. The van der Waals surface area contributed by atoms with E-state index in [4.69, 9.17) is 0 Å². The molecule has 1 aliphatic carbocycles. The highest BCUT2D eigenvalue weighted by Crippen LogP contribution is 2.42. The standard InChI is InChI=1S/C12H16F6N2O/c1-2-5-20-10(6-19,8-3-4-8)7-21-9(11(13,14)15)12(16,17)18/h8-9,20H,2-5,7H2,1H3. The molecular formula is C12H16F6N2O. The summed E-state index contributed by atoms with van der Waals surface area (Å²) in [5, 5.41) is 11.9. The maximum Gasteiger partial charge on any atom is 0.423 e. The number of nitrogens with zero attached hydrogens (tertiary/aromatic N) is 1. The smallest absolute Gasteiger partial charge is 0.358 e. The van der Waals surface area contributed by atoms with Gasteiger partial charge in [-0.15, -0.1) is 0 Å². The van der Waals surface area contributed by atoms with Crippen molar-refractivity contribution in [2.45, 2.75) is 50.2 Å². The minimum atomic E-state index is -5.56. The maximum atomic E-state index is 12.4. The van der Waals surface area contributed by atoms with E-state index in [0.717, 1.165) is 0 Å². The molecule has 0 bridgehead atoms. The van der Waals surface area contributed by atoms with E-state index in [1.165, 1.54) is 0 Å². The summed E-state index contributed by atoms with van der Waals surface area (Å²) in [5.41, 5.74) is -1.50. The van der Waals surface area contributed by atoms with Gasteiger partial charge in [0.25, 0.3) is 0 Å². The van der Waals surface area contributed by atoms with E-state index in [0.29, 0.717) is 25.8 Å². The molecule has 9 heteroatoms. The lowest BCUT2D eigenvalue weighted by Crippen LogP contribution is -2.54. The van der Waals surface area contributed by atoms with Crippen molar-refractivity contribution in [3.63, 3.8) is 0 Å². The van der Waals surface area contributed by atoms with Crippen molar-refractivity contribution in [1.82, 2.24) is 5.32 Å². The van der Waals surface area contributed by atoms with Crippen molar-refractivity contribution in [2.24, 2.45) is 5.92 Å². The van der Waals surface area contributed by atoms with Gasteiger partial charge in [0.1, 0.15) is 5.54 Å². The Morgan fingerprint density at radius 2 is 1.71 bits per heavy atom. The zero-order valence-electron chi connectivity index (χ0n) is 11.3. The molecule has 0 aromatic heterocycles. The van der Waals surface area contributed by atoms with Gasteiger partial charge < -0.3 is 4.74 Å². The van der Waals surface area contributed by atoms with Gasteiger partial charge >= 0.3 is 12.4 Å². The number of nitrogens with one attached hydrogen (secondary N) is 1. The Morgan fingerprint density at radius 3 is 2.05 bits per heavy atom. The number of rotatable bonds is 7. The fourth-order valence-corrected chi connectivity index (χ4v) is 1.99. The van der Waals surface area contributed by atoms with Crippen molar-refractivity contribution in [3.05, 3.63) is 0 Å². The van der Waals surface area contributed by atoms with Crippen LogP contribution in [0.15, 0.2) is 0 Å². The topological polar surface area (TPSA) is 45.0 Å². The summed E-state index contributed by atoms with van der Waals surface area (Å²) in [5.74, 6) is -0.281. The second-order valence-electron chi connectivity index (χ2n) is 5.06. The van der Waals surface area contributed by atoms with E-state index in [2.05, 4.69) is 10.1 Å². The van der Waals surface area contributed by atoms with E-state index >= 15 is 0 Å². The van der Waals surface area contributed by atoms with Crippen molar-refractivity contribution < 1.29 is 31.1 Å². The van der Waals surface area contributed by atoms with E-state index in [1.807, 2.05) is 0 Å². The first-order chi connectivity index (χ1) is 9.57. The molecule has 3 nitrogen and oxygen atoms in total. The van der Waals surface area contributed by atoms with Crippen LogP contribution in [-0.4, -0.2) is 37.1 Å². The number of ether oxygens (including phenoxy) is 1. The van der Waals surface area contributed by atoms with E-state index < -0.39 is 30.6 Å². The first-order valence-corrected chi connectivity index (χ1v) is 6.48. The Labute approximate surface area is 118 Å². The van der Waals surface area contributed by atoms with Gasteiger partial charge in [-0.1, -0.05) is 6.92 Å². The van der Waals surface area contributed by atoms with Gasteiger partial charge in [-0.2, -0.15) is 31.6 Å². The van der Waals surface area contributed by atoms with Gasteiger partial charge in [-0.05, 0) is 31.7 Å². The largest absolute Gasteiger partial charge is 0.423 e. The monoisotopic (exact) mass is 318 g/mol. The molecule has 1 N–H and O–H groups in total. The van der Waals surface area contributed by atoms with Gasteiger partial charge in [0.15, 0.2) is 0 Å². The van der Waals surface area contributed by atoms with Gasteiger partial charge in [0.2, 0.25) is 6.10 Å². The Morgan fingerprint density at radius 1 is 1.19 bits per heavy atom. The molecule has 0 saturated heterocycles. The summed E-state index contributed by atoms with van der Waals surface area (Å²) in [6.45, 7) is 1.14. The molecule has 1 fully saturated rings. The Balaban J connectivity index is 2.82. The zero-order valence-corrected chi connectivity index (χ0v) is 11.3. The lowest BCUT2D eigenvalue weighted by molar-refractivity contribution is -0.324. The van der Waals surface area contributed by atoms with Crippen LogP contribution >= 0.6 is 0 Å². The lowest BCUT2D eigenvalue weighted by atomic mass is 9.96. The number of hydrogen-bond donors (Lipinski definition) is 1. The van der Waals surface area contributed by atoms with Crippen LogP contribution in [0.1, 0.15) is 26.2 Å². The van der Waals surface area contributed by atoms with Gasteiger partial charge in [0.05, 0.1) is 12.7 Å². The molecule has 1 saturated carbocycles. The van der Waals surface area contributed by atoms with Crippen molar-refractivity contribution in [1.29, 1.82) is 5.26 Å². The van der Waals surface area contributed by atoms with Gasteiger partial charge in [0, 0.05) is 0 Å². The number of alkyl halides is 6. The molecule has 0 aromatic carbocycles. The van der Waals surface area contributed by atoms with Crippen molar-refractivity contribution in [3.8, 4) is 6.07 Å². The second-order valence-corrected chi connectivity index (χ2v) is 5.06. The number of hydrogen-bond acceptors (Lipinski definition) is 3. The molecule has 122 valence electrons. The molecular weight excluding hydrogens is 302 g/mol. The molecule has 0 amide bonds. The third-order valence-electron chi connectivity index (χ3n) is 3.24. The third kappa shape index (κ3) is 4.74. The first-order valence-electron chi connectivity index (χ1n) is 6.48. The van der Waals surface area contributed by atoms with Crippen LogP contribution in [0.2, 0.25) is 0 Å². The highest BCUT2D eigenvalue weighted by atomic mass is 19.4. The van der Waals surface area contributed by atoms with Crippen LogP contribution in [0, 0.1) is 17.2 Å². The summed E-state index contributed by atoms with van der Waals surface area (Å²) in [7, 11) is 0. The molecule has 1 unspecified atom stereocenters. The van der Waals surface area contributed by atoms with E-state index in [9.17, 15) is 31.6 Å². The molecule has 0 spiro atoms. The first kappa shape index (κ1) is 18.0. The predicted octanol–water partition coefficient (Wildman–Crippen LogP) is 3.17. The molecule has 1 aliphatic rings. The minimum Gasteiger partial charge on any atom is -0.358 e. The molecule has 1 rings (SSSR count). The van der Waals surface area contributed by atoms with Crippen molar-refractivity contribution >= 4 is 0 Å². The average Bonchev–Trinajstić information content (AvgIpc) is 3.15.